The molecule has 94 valence electrons. The minimum atomic E-state index is -0.884. The maximum absolute atomic E-state index is 11.5. The van der Waals surface area contributed by atoms with E-state index in [9.17, 15) is 9.90 Å². The second-order valence-corrected chi connectivity index (χ2v) is 5.73. The highest BCUT2D eigenvalue weighted by molar-refractivity contribution is 8.00. The number of halogens is 1. The Morgan fingerprint density at radius 2 is 2.12 bits per heavy atom. The van der Waals surface area contributed by atoms with E-state index in [-0.39, 0.29) is 12.5 Å². The molecule has 0 aliphatic carbocycles. The zero-order valence-electron chi connectivity index (χ0n) is 9.87. The van der Waals surface area contributed by atoms with E-state index >= 15 is 0 Å². The summed E-state index contributed by atoms with van der Waals surface area (Å²) in [5.74, 6) is 0.178. The molecule has 0 aromatic heterocycles. The van der Waals surface area contributed by atoms with Gasteiger partial charge in [-0.05, 0) is 26.0 Å². The van der Waals surface area contributed by atoms with Crippen molar-refractivity contribution in [2.24, 2.45) is 0 Å². The van der Waals surface area contributed by atoms with Gasteiger partial charge in [0.1, 0.15) is 0 Å². The van der Waals surface area contributed by atoms with Gasteiger partial charge in [0.05, 0.1) is 16.4 Å². The van der Waals surface area contributed by atoms with Crippen molar-refractivity contribution < 1.29 is 9.90 Å². The lowest BCUT2D eigenvalue weighted by Gasteiger charge is -2.17. The predicted octanol–water partition coefficient (Wildman–Crippen LogP) is 2.32. The van der Waals surface area contributed by atoms with Crippen LogP contribution in [0.4, 0.5) is 0 Å². The molecule has 0 fully saturated rings. The van der Waals surface area contributed by atoms with Gasteiger partial charge >= 0.3 is 0 Å². The standard InChI is InChI=1S/C12H16ClNO2S/c1-12(2,16)8-14-11(15)7-17-10-6-4-3-5-9(10)13/h3-6,16H,7-8H2,1-2H3,(H,14,15). The molecule has 0 saturated heterocycles. The molecular weight excluding hydrogens is 258 g/mol. The minimum Gasteiger partial charge on any atom is -0.389 e. The van der Waals surface area contributed by atoms with Crippen LogP contribution in [0, 0.1) is 0 Å². The lowest BCUT2D eigenvalue weighted by atomic mass is 10.1. The van der Waals surface area contributed by atoms with Gasteiger partial charge in [-0.25, -0.2) is 0 Å². The van der Waals surface area contributed by atoms with Crippen LogP contribution in [0.3, 0.4) is 0 Å². The summed E-state index contributed by atoms with van der Waals surface area (Å²) in [5.41, 5.74) is -0.884. The van der Waals surface area contributed by atoms with Gasteiger partial charge in [-0.2, -0.15) is 0 Å². The SMILES string of the molecule is CC(C)(O)CNC(=O)CSc1ccccc1Cl. The monoisotopic (exact) mass is 273 g/mol. The molecule has 0 atom stereocenters. The van der Waals surface area contributed by atoms with Crippen molar-refractivity contribution in [3.63, 3.8) is 0 Å². The van der Waals surface area contributed by atoms with Gasteiger partial charge in [0, 0.05) is 11.4 Å². The van der Waals surface area contributed by atoms with Crippen molar-refractivity contribution in [3.05, 3.63) is 29.3 Å². The normalized spacial score (nSPS) is 11.3. The van der Waals surface area contributed by atoms with Crippen molar-refractivity contribution in [3.8, 4) is 0 Å². The van der Waals surface area contributed by atoms with Crippen LogP contribution in [0.2, 0.25) is 5.02 Å². The highest BCUT2D eigenvalue weighted by Gasteiger charge is 2.14. The Hall–Kier alpha value is -0.710. The van der Waals surface area contributed by atoms with Crippen LogP contribution in [0.1, 0.15) is 13.8 Å². The largest absolute Gasteiger partial charge is 0.389 e. The van der Waals surface area contributed by atoms with Crippen LogP contribution >= 0.6 is 23.4 Å². The van der Waals surface area contributed by atoms with Crippen LogP contribution in [0.25, 0.3) is 0 Å². The van der Waals surface area contributed by atoms with E-state index in [4.69, 9.17) is 11.6 Å². The first-order valence-corrected chi connectivity index (χ1v) is 6.61. The average molecular weight is 274 g/mol. The molecule has 1 aromatic rings. The van der Waals surface area contributed by atoms with Gasteiger partial charge in [-0.1, -0.05) is 23.7 Å². The zero-order chi connectivity index (χ0) is 12.9. The van der Waals surface area contributed by atoms with Gasteiger partial charge in [0.2, 0.25) is 5.91 Å². The van der Waals surface area contributed by atoms with E-state index in [1.165, 1.54) is 11.8 Å². The molecule has 3 nitrogen and oxygen atoms in total. The highest BCUT2D eigenvalue weighted by atomic mass is 35.5. The number of amides is 1. The molecule has 1 rings (SSSR count). The third-order valence-electron chi connectivity index (χ3n) is 1.91. The third kappa shape index (κ3) is 5.96. The highest BCUT2D eigenvalue weighted by Crippen LogP contribution is 2.26. The van der Waals surface area contributed by atoms with E-state index in [0.717, 1.165) is 4.90 Å². The molecule has 0 heterocycles. The van der Waals surface area contributed by atoms with Crippen LogP contribution in [0.15, 0.2) is 29.2 Å². The summed E-state index contributed by atoms with van der Waals surface area (Å²) in [5, 5.41) is 12.8. The summed E-state index contributed by atoms with van der Waals surface area (Å²) in [7, 11) is 0. The van der Waals surface area contributed by atoms with Crippen LogP contribution in [-0.4, -0.2) is 28.9 Å². The molecular formula is C12H16ClNO2S. The maximum atomic E-state index is 11.5. The third-order valence-corrected chi connectivity index (χ3v) is 3.43. The number of carbonyl (C=O) groups excluding carboxylic acids is 1. The molecule has 17 heavy (non-hydrogen) atoms. The summed E-state index contributed by atoms with van der Waals surface area (Å²) in [6.07, 6.45) is 0. The lowest BCUT2D eigenvalue weighted by molar-refractivity contribution is -0.119. The van der Waals surface area contributed by atoms with E-state index in [1.807, 2.05) is 18.2 Å². The Labute approximate surface area is 111 Å². The van der Waals surface area contributed by atoms with Gasteiger partial charge in [-0.15, -0.1) is 11.8 Å². The van der Waals surface area contributed by atoms with Gasteiger partial charge in [-0.3, -0.25) is 4.79 Å². The number of hydrogen-bond donors (Lipinski definition) is 2. The first-order valence-electron chi connectivity index (χ1n) is 5.25. The molecule has 0 aliphatic heterocycles. The number of benzene rings is 1. The smallest absolute Gasteiger partial charge is 0.230 e. The Morgan fingerprint density at radius 3 is 2.71 bits per heavy atom. The van der Waals surface area contributed by atoms with Crippen LogP contribution in [0.5, 0.6) is 0 Å². The molecule has 1 amide bonds. The summed E-state index contributed by atoms with van der Waals surface area (Å²) in [6, 6.07) is 7.39. The molecule has 1 aromatic carbocycles. The predicted molar refractivity (Wildman–Crippen MR) is 71.5 cm³/mol. The maximum Gasteiger partial charge on any atom is 0.230 e. The number of thioether (sulfide) groups is 1. The first kappa shape index (κ1) is 14.4. The molecule has 0 aliphatic rings. The Bertz CT molecular complexity index is 390. The molecule has 5 heteroatoms. The average Bonchev–Trinajstić information content (AvgIpc) is 2.24. The second-order valence-electron chi connectivity index (χ2n) is 4.31. The minimum absolute atomic E-state index is 0.114. The lowest BCUT2D eigenvalue weighted by Crippen LogP contribution is -2.38. The molecule has 0 spiro atoms. The number of rotatable bonds is 5. The van der Waals surface area contributed by atoms with Gasteiger partial charge < -0.3 is 10.4 Å². The Morgan fingerprint density at radius 1 is 1.47 bits per heavy atom. The van der Waals surface area contributed by atoms with Crippen molar-refractivity contribution in [2.45, 2.75) is 24.3 Å². The van der Waals surface area contributed by atoms with E-state index < -0.39 is 5.60 Å². The molecule has 2 N–H and O–H groups in total. The van der Waals surface area contributed by atoms with Crippen LogP contribution < -0.4 is 5.32 Å². The Balaban J connectivity index is 2.36. The fraction of sp³-hybridized carbons (Fsp3) is 0.417. The fourth-order valence-electron chi connectivity index (χ4n) is 1.07. The van der Waals surface area contributed by atoms with E-state index in [1.54, 1.807) is 19.9 Å². The number of carbonyl (C=O) groups is 1. The van der Waals surface area contributed by atoms with Crippen molar-refractivity contribution in [1.29, 1.82) is 0 Å². The zero-order valence-corrected chi connectivity index (χ0v) is 11.4. The number of nitrogens with one attached hydrogen (secondary N) is 1. The van der Waals surface area contributed by atoms with Crippen molar-refractivity contribution in [2.75, 3.05) is 12.3 Å². The van der Waals surface area contributed by atoms with Crippen molar-refractivity contribution in [1.82, 2.24) is 5.32 Å². The molecule has 0 radical (unpaired) electrons. The van der Waals surface area contributed by atoms with Gasteiger partial charge in [0.25, 0.3) is 0 Å². The first-order chi connectivity index (χ1) is 7.88. The number of hydrogen-bond acceptors (Lipinski definition) is 3. The second kappa shape index (κ2) is 6.28. The Kier molecular flexibility index (Phi) is 5.31. The topological polar surface area (TPSA) is 49.3 Å². The number of aliphatic hydroxyl groups is 1. The fourth-order valence-corrected chi connectivity index (χ4v) is 2.14. The summed E-state index contributed by atoms with van der Waals surface area (Å²) in [6.45, 7) is 3.54. The summed E-state index contributed by atoms with van der Waals surface area (Å²) >= 11 is 7.34. The van der Waals surface area contributed by atoms with Crippen molar-refractivity contribution >= 4 is 29.3 Å². The van der Waals surface area contributed by atoms with Crippen LogP contribution in [-0.2, 0) is 4.79 Å². The molecule has 0 saturated carbocycles. The molecule has 0 unspecified atom stereocenters. The van der Waals surface area contributed by atoms with E-state index in [2.05, 4.69) is 5.32 Å². The van der Waals surface area contributed by atoms with Gasteiger partial charge in [0.15, 0.2) is 0 Å². The molecule has 0 bridgehead atoms. The summed E-state index contributed by atoms with van der Waals surface area (Å²) in [4.78, 5) is 12.4. The summed E-state index contributed by atoms with van der Waals surface area (Å²) < 4.78 is 0. The quantitative estimate of drug-likeness (QED) is 0.810. The van der Waals surface area contributed by atoms with E-state index in [0.29, 0.717) is 10.8 Å².